The van der Waals surface area contributed by atoms with E-state index in [1.54, 1.807) is 19.1 Å². The van der Waals surface area contributed by atoms with Crippen molar-refractivity contribution in [1.29, 1.82) is 0 Å². The van der Waals surface area contributed by atoms with E-state index in [0.29, 0.717) is 17.9 Å². The molecule has 4 nitrogen and oxygen atoms in total. The number of carbonyl (C=O) groups is 1. The van der Waals surface area contributed by atoms with Gasteiger partial charge in [0.15, 0.2) is 0 Å². The zero-order chi connectivity index (χ0) is 15.9. The topological polar surface area (TPSA) is 64.3 Å². The lowest BCUT2D eigenvalue weighted by molar-refractivity contribution is 0.0526. The van der Waals surface area contributed by atoms with Crippen LogP contribution < -0.4 is 11.1 Å². The van der Waals surface area contributed by atoms with Crippen LogP contribution in [0.15, 0.2) is 18.2 Å². The van der Waals surface area contributed by atoms with Crippen molar-refractivity contribution in [3.63, 3.8) is 0 Å². The van der Waals surface area contributed by atoms with Gasteiger partial charge in [-0.3, -0.25) is 0 Å². The lowest BCUT2D eigenvalue weighted by Gasteiger charge is -2.30. The van der Waals surface area contributed by atoms with E-state index in [2.05, 4.69) is 25.4 Å². The molecule has 0 atom stereocenters. The number of esters is 1. The Morgan fingerprint density at radius 1 is 1.33 bits per heavy atom. The molecule has 0 unspecified atom stereocenters. The zero-order valence-corrected chi connectivity index (χ0v) is 14.2. The molecule has 1 aromatic rings. The predicted molar refractivity (Wildman–Crippen MR) is 92.1 cm³/mol. The second-order valence-corrected chi connectivity index (χ2v) is 6.24. The summed E-state index contributed by atoms with van der Waals surface area (Å²) in [4.78, 5) is 11.7. The molecule has 0 aromatic heterocycles. The van der Waals surface area contributed by atoms with Gasteiger partial charge in [-0.05, 0) is 44.2 Å². The highest BCUT2D eigenvalue weighted by atomic mass is 32.2. The highest BCUT2D eigenvalue weighted by Crippen LogP contribution is 2.31. The fourth-order valence-corrected chi connectivity index (χ4v) is 2.98. The Bertz CT molecular complexity index is 465. The van der Waals surface area contributed by atoms with Gasteiger partial charge < -0.3 is 15.8 Å². The molecule has 0 bridgehead atoms. The Hall–Kier alpha value is -1.36. The summed E-state index contributed by atoms with van der Waals surface area (Å²) in [7, 11) is 0. The number of hydrogen-bond donors (Lipinski definition) is 2. The van der Waals surface area contributed by atoms with Gasteiger partial charge in [-0.25, -0.2) is 4.79 Å². The quantitative estimate of drug-likeness (QED) is 0.565. The number of nitrogens with two attached hydrogens (primary N) is 1. The first-order valence-corrected chi connectivity index (χ1v) is 8.60. The van der Waals surface area contributed by atoms with E-state index in [-0.39, 0.29) is 10.7 Å². The molecule has 0 spiro atoms. The van der Waals surface area contributed by atoms with Gasteiger partial charge >= 0.3 is 5.97 Å². The summed E-state index contributed by atoms with van der Waals surface area (Å²) in [6.07, 6.45) is 4.33. The summed E-state index contributed by atoms with van der Waals surface area (Å²) in [6, 6.07) is 5.26. The number of nitrogens with one attached hydrogen (secondary N) is 1. The minimum atomic E-state index is -0.337. The highest BCUT2D eigenvalue weighted by molar-refractivity contribution is 8.00. The first-order chi connectivity index (χ1) is 10.0. The SMILES string of the molecule is CCOC(=O)c1ccc(NCC(CC)(CC)SC)c(N)c1. The van der Waals surface area contributed by atoms with Crippen LogP contribution in [0.5, 0.6) is 0 Å². The second kappa shape index (κ2) is 8.17. The molecule has 0 fully saturated rings. The van der Waals surface area contributed by atoms with Crippen molar-refractivity contribution in [2.24, 2.45) is 0 Å². The maximum Gasteiger partial charge on any atom is 0.338 e. The molecule has 0 amide bonds. The Kier molecular flexibility index (Phi) is 6.89. The molecule has 0 radical (unpaired) electrons. The normalized spacial score (nSPS) is 11.2. The monoisotopic (exact) mass is 310 g/mol. The average Bonchev–Trinajstić information content (AvgIpc) is 2.50. The molecular formula is C16H26N2O2S. The van der Waals surface area contributed by atoms with Crippen LogP contribution in [0.25, 0.3) is 0 Å². The minimum Gasteiger partial charge on any atom is -0.462 e. The van der Waals surface area contributed by atoms with Crippen LogP contribution in [0.3, 0.4) is 0 Å². The van der Waals surface area contributed by atoms with Crippen molar-refractivity contribution in [1.82, 2.24) is 0 Å². The summed E-state index contributed by atoms with van der Waals surface area (Å²) in [5.74, 6) is -0.337. The van der Waals surface area contributed by atoms with E-state index >= 15 is 0 Å². The number of rotatable bonds is 8. The van der Waals surface area contributed by atoms with Gasteiger partial charge in [0.05, 0.1) is 23.5 Å². The summed E-state index contributed by atoms with van der Waals surface area (Å²) >= 11 is 1.88. The largest absolute Gasteiger partial charge is 0.462 e. The van der Waals surface area contributed by atoms with E-state index < -0.39 is 0 Å². The first kappa shape index (κ1) is 17.7. The molecule has 1 rings (SSSR count). The summed E-state index contributed by atoms with van der Waals surface area (Å²) in [5.41, 5.74) is 7.96. The number of anilines is 2. The van der Waals surface area contributed by atoms with Crippen LogP contribution >= 0.6 is 11.8 Å². The van der Waals surface area contributed by atoms with E-state index in [0.717, 1.165) is 25.1 Å². The number of nitrogen functional groups attached to an aromatic ring is 1. The Labute approximate surface area is 131 Å². The molecule has 118 valence electrons. The lowest BCUT2D eigenvalue weighted by Crippen LogP contribution is -2.32. The summed E-state index contributed by atoms with van der Waals surface area (Å²) in [5, 5.41) is 3.41. The third-order valence-corrected chi connectivity index (χ3v) is 5.47. The number of ether oxygens (including phenoxy) is 1. The number of thioether (sulfide) groups is 1. The third kappa shape index (κ3) is 4.56. The number of carbonyl (C=O) groups excluding carboxylic acids is 1. The second-order valence-electron chi connectivity index (χ2n) is 4.97. The molecular weight excluding hydrogens is 284 g/mol. The maximum absolute atomic E-state index is 11.7. The van der Waals surface area contributed by atoms with Gasteiger partial charge in [0.2, 0.25) is 0 Å². The van der Waals surface area contributed by atoms with Gasteiger partial charge in [-0.1, -0.05) is 13.8 Å². The Balaban J connectivity index is 2.79. The van der Waals surface area contributed by atoms with Crippen molar-refractivity contribution >= 4 is 29.1 Å². The molecule has 21 heavy (non-hydrogen) atoms. The molecule has 0 aliphatic rings. The van der Waals surface area contributed by atoms with Gasteiger partial charge in [0.25, 0.3) is 0 Å². The van der Waals surface area contributed by atoms with Crippen molar-refractivity contribution in [2.75, 3.05) is 30.5 Å². The first-order valence-electron chi connectivity index (χ1n) is 7.37. The Morgan fingerprint density at radius 2 is 2.00 bits per heavy atom. The highest BCUT2D eigenvalue weighted by Gasteiger charge is 2.24. The predicted octanol–water partition coefficient (Wildman–Crippen LogP) is 3.78. The molecule has 0 saturated heterocycles. The molecule has 5 heteroatoms. The van der Waals surface area contributed by atoms with Crippen molar-refractivity contribution in [3.05, 3.63) is 23.8 Å². The third-order valence-electron chi connectivity index (χ3n) is 3.89. The molecule has 0 heterocycles. The summed E-state index contributed by atoms with van der Waals surface area (Å²) < 4.78 is 5.19. The van der Waals surface area contributed by atoms with E-state index in [1.165, 1.54) is 0 Å². The van der Waals surface area contributed by atoms with Crippen LogP contribution in [-0.4, -0.2) is 30.1 Å². The van der Waals surface area contributed by atoms with Gasteiger partial charge in [0, 0.05) is 11.3 Å². The Morgan fingerprint density at radius 3 is 2.48 bits per heavy atom. The number of hydrogen-bond acceptors (Lipinski definition) is 5. The van der Waals surface area contributed by atoms with Gasteiger partial charge in [0.1, 0.15) is 0 Å². The van der Waals surface area contributed by atoms with E-state index in [1.807, 2.05) is 17.8 Å². The standard InChI is InChI=1S/C16H26N2O2S/c1-5-16(6-2,21-4)11-18-14-9-8-12(10-13(14)17)15(19)20-7-3/h8-10,18H,5-7,11,17H2,1-4H3. The summed E-state index contributed by atoms with van der Waals surface area (Å²) in [6.45, 7) is 7.41. The fraction of sp³-hybridized carbons (Fsp3) is 0.562. The smallest absolute Gasteiger partial charge is 0.338 e. The van der Waals surface area contributed by atoms with Gasteiger partial charge in [-0.2, -0.15) is 11.8 Å². The van der Waals surface area contributed by atoms with Gasteiger partial charge in [-0.15, -0.1) is 0 Å². The zero-order valence-electron chi connectivity index (χ0n) is 13.4. The minimum absolute atomic E-state index is 0.215. The van der Waals surface area contributed by atoms with Crippen LogP contribution in [0.4, 0.5) is 11.4 Å². The lowest BCUT2D eigenvalue weighted by atomic mass is 10.0. The van der Waals surface area contributed by atoms with E-state index in [4.69, 9.17) is 10.5 Å². The molecule has 0 saturated carbocycles. The van der Waals surface area contributed by atoms with E-state index in [9.17, 15) is 4.79 Å². The molecule has 0 aliphatic carbocycles. The number of benzene rings is 1. The van der Waals surface area contributed by atoms with Crippen LogP contribution in [-0.2, 0) is 4.74 Å². The fourth-order valence-electron chi connectivity index (χ4n) is 2.18. The van der Waals surface area contributed by atoms with Crippen LogP contribution in [0.2, 0.25) is 0 Å². The van der Waals surface area contributed by atoms with Crippen molar-refractivity contribution < 1.29 is 9.53 Å². The van der Waals surface area contributed by atoms with Crippen molar-refractivity contribution in [3.8, 4) is 0 Å². The maximum atomic E-state index is 11.7. The molecule has 0 aliphatic heterocycles. The van der Waals surface area contributed by atoms with Crippen LogP contribution in [0, 0.1) is 0 Å². The molecule has 1 aromatic carbocycles. The van der Waals surface area contributed by atoms with Crippen LogP contribution in [0.1, 0.15) is 44.0 Å². The van der Waals surface area contributed by atoms with Crippen molar-refractivity contribution in [2.45, 2.75) is 38.4 Å². The molecule has 3 N–H and O–H groups in total. The average molecular weight is 310 g/mol.